The number of aliphatic hydroxyl groups excluding tert-OH is 1. The van der Waals surface area contributed by atoms with Gasteiger partial charge in [-0.25, -0.2) is 15.0 Å². The Hall–Kier alpha value is -3.19. The largest absolute Gasteiger partial charge is 0.495 e. The number of anilines is 1. The first-order chi connectivity index (χ1) is 20.3. The third-order valence-electron chi connectivity index (χ3n) is 8.88. The van der Waals surface area contributed by atoms with E-state index in [2.05, 4.69) is 32.1 Å². The maximum atomic E-state index is 13.1. The van der Waals surface area contributed by atoms with E-state index in [0.717, 1.165) is 73.1 Å². The van der Waals surface area contributed by atoms with Gasteiger partial charge in [0.2, 0.25) is 11.8 Å². The molecule has 3 aromatic rings. The van der Waals surface area contributed by atoms with Gasteiger partial charge in [-0.2, -0.15) is 0 Å². The minimum atomic E-state index is -0.412. The Kier molecular flexibility index (Phi) is 8.39. The Morgan fingerprint density at radius 3 is 2.62 bits per heavy atom. The fraction of sp³-hybridized carbons (Fsp3) is 0.567. The number of rotatable bonds is 8. The number of methoxy groups -OCH3 is 1. The third kappa shape index (κ3) is 5.85. The van der Waals surface area contributed by atoms with Crippen LogP contribution in [0.15, 0.2) is 24.5 Å². The van der Waals surface area contributed by atoms with Crippen LogP contribution in [0.4, 0.5) is 5.13 Å². The molecule has 0 unspecified atom stereocenters. The molecule has 2 aromatic heterocycles. The quantitative estimate of drug-likeness (QED) is 0.403. The number of fused-ring (bicyclic) bond motifs is 1. The van der Waals surface area contributed by atoms with Crippen LogP contribution in [-0.2, 0) is 20.9 Å². The lowest BCUT2D eigenvalue weighted by molar-refractivity contribution is -0.133. The van der Waals surface area contributed by atoms with Crippen molar-refractivity contribution in [2.75, 3.05) is 32.1 Å². The number of ether oxygens (including phenoxy) is 2. The van der Waals surface area contributed by atoms with E-state index in [-0.39, 0.29) is 30.4 Å². The number of benzene rings is 1. The lowest BCUT2D eigenvalue weighted by atomic mass is 9.78. The highest BCUT2D eigenvalue weighted by atomic mass is 32.1. The molecular formula is C30H38N6O5S. The van der Waals surface area contributed by atoms with Crippen molar-refractivity contribution in [1.82, 2.24) is 24.8 Å². The number of nitrogens with one attached hydrogen (secondary N) is 1. The Bertz CT molecular complexity index is 1440. The van der Waals surface area contributed by atoms with Crippen LogP contribution in [0.5, 0.6) is 5.75 Å². The molecule has 2 amide bonds. The molecule has 3 heterocycles. The lowest BCUT2D eigenvalue weighted by Crippen LogP contribution is -2.59. The van der Waals surface area contributed by atoms with Crippen molar-refractivity contribution in [3.05, 3.63) is 30.4 Å². The summed E-state index contributed by atoms with van der Waals surface area (Å²) in [5, 5.41) is 13.6. The molecule has 1 saturated heterocycles. The number of hydrogen-bond donors (Lipinski definition) is 2. The first-order valence-electron chi connectivity index (χ1n) is 14.7. The summed E-state index contributed by atoms with van der Waals surface area (Å²) in [7, 11) is 1.62. The van der Waals surface area contributed by atoms with Gasteiger partial charge >= 0.3 is 0 Å². The SMILES string of the molecule is COc1c(-c2cnc(CO[C@H]3CCC[C@@H]3O)nc2)ccc2nc(NC(=O)C3CC(N4CCN(C(C)=O)C[C@@H]4C)C3)sc12. The predicted molar refractivity (Wildman–Crippen MR) is 159 cm³/mol. The van der Waals surface area contributed by atoms with Crippen LogP contribution in [0.1, 0.15) is 51.8 Å². The van der Waals surface area contributed by atoms with E-state index in [9.17, 15) is 14.7 Å². The van der Waals surface area contributed by atoms with Crippen LogP contribution in [0.2, 0.25) is 0 Å². The number of amides is 2. The van der Waals surface area contributed by atoms with Crippen molar-refractivity contribution in [1.29, 1.82) is 0 Å². The molecule has 224 valence electrons. The third-order valence-corrected chi connectivity index (χ3v) is 9.87. The second kappa shape index (κ2) is 12.2. The molecule has 2 N–H and O–H groups in total. The second-order valence-electron chi connectivity index (χ2n) is 11.6. The number of piperazine rings is 1. The average molecular weight is 595 g/mol. The van der Waals surface area contributed by atoms with Gasteiger partial charge in [0.15, 0.2) is 11.0 Å². The molecular weight excluding hydrogens is 556 g/mol. The standard InChI is InChI=1S/C30H38N6O5S/c1-17-15-35(18(2)37)9-10-36(17)21-11-19(12-21)29(39)34-30-33-23-8-7-22(27(40-3)28(23)42-30)20-13-31-26(32-14-20)16-41-25-6-4-5-24(25)38/h7-8,13-14,17,19,21,24-25,38H,4-6,9-12,15-16H2,1-3H3,(H,33,34,39)/t17-,19?,21?,24-,25-/m0/s1. The van der Waals surface area contributed by atoms with Gasteiger partial charge in [-0.3, -0.25) is 14.5 Å². The van der Waals surface area contributed by atoms with E-state index in [1.165, 1.54) is 11.3 Å². The molecule has 2 aliphatic carbocycles. The summed E-state index contributed by atoms with van der Waals surface area (Å²) >= 11 is 1.39. The summed E-state index contributed by atoms with van der Waals surface area (Å²) in [5.74, 6) is 1.30. The Labute approximate surface area is 249 Å². The van der Waals surface area contributed by atoms with Crippen LogP contribution < -0.4 is 10.1 Å². The highest BCUT2D eigenvalue weighted by molar-refractivity contribution is 7.22. The van der Waals surface area contributed by atoms with E-state index >= 15 is 0 Å². The van der Waals surface area contributed by atoms with Crippen LogP contribution in [0.3, 0.4) is 0 Å². The monoisotopic (exact) mass is 594 g/mol. The van der Waals surface area contributed by atoms with Crippen LogP contribution in [0.25, 0.3) is 21.3 Å². The minimum absolute atomic E-state index is 0.00384. The minimum Gasteiger partial charge on any atom is -0.495 e. The zero-order valence-corrected chi connectivity index (χ0v) is 25.1. The molecule has 42 heavy (non-hydrogen) atoms. The summed E-state index contributed by atoms with van der Waals surface area (Å²) in [6, 6.07) is 4.51. The highest BCUT2D eigenvalue weighted by Gasteiger charge is 2.41. The molecule has 1 aromatic carbocycles. The fourth-order valence-electron chi connectivity index (χ4n) is 6.38. The molecule has 6 rings (SSSR count). The molecule has 0 bridgehead atoms. The van der Waals surface area contributed by atoms with Crippen molar-refractivity contribution in [3.63, 3.8) is 0 Å². The number of hydrogen-bond acceptors (Lipinski definition) is 10. The first-order valence-corrected chi connectivity index (χ1v) is 15.5. The zero-order valence-electron chi connectivity index (χ0n) is 24.3. The molecule has 12 heteroatoms. The van der Waals surface area contributed by atoms with E-state index in [1.807, 2.05) is 17.0 Å². The van der Waals surface area contributed by atoms with E-state index in [4.69, 9.17) is 9.47 Å². The second-order valence-corrected chi connectivity index (χ2v) is 12.6. The highest BCUT2D eigenvalue weighted by Crippen LogP contribution is 2.41. The van der Waals surface area contributed by atoms with Gasteiger partial charge in [0.05, 0.1) is 29.5 Å². The summed E-state index contributed by atoms with van der Waals surface area (Å²) in [5.41, 5.74) is 2.39. The van der Waals surface area contributed by atoms with Gasteiger partial charge in [-0.1, -0.05) is 11.3 Å². The van der Waals surface area contributed by atoms with Crippen LogP contribution in [-0.4, -0.2) is 92.7 Å². The topological polar surface area (TPSA) is 130 Å². The van der Waals surface area contributed by atoms with Gasteiger partial charge in [0, 0.05) is 68.1 Å². The Morgan fingerprint density at radius 1 is 1.17 bits per heavy atom. The summed E-state index contributed by atoms with van der Waals surface area (Å²) in [6.07, 6.45) is 7.17. The number of aliphatic hydroxyl groups is 1. The molecule has 3 fully saturated rings. The fourth-order valence-corrected chi connectivity index (χ4v) is 7.38. The maximum absolute atomic E-state index is 13.1. The summed E-state index contributed by atoms with van der Waals surface area (Å²) in [6.45, 7) is 6.38. The van der Waals surface area contributed by atoms with Crippen molar-refractivity contribution >= 4 is 38.5 Å². The molecule has 2 saturated carbocycles. The van der Waals surface area contributed by atoms with Crippen molar-refractivity contribution in [3.8, 4) is 16.9 Å². The number of carbonyl (C=O) groups is 2. The predicted octanol–water partition coefficient (Wildman–Crippen LogP) is 3.46. The normalized spacial score (nSPS) is 26.3. The van der Waals surface area contributed by atoms with Gasteiger partial charge in [-0.05, 0) is 51.2 Å². The average Bonchev–Trinajstić information content (AvgIpc) is 3.56. The smallest absolute Gasteiger partial charge is 0.229 e. The van der Waals surface area contributed by atoms with E-state index < -0.39 is 6.10 Å². The lowest BCUT2D eigenvalue weighted by Gasteiger charge is -2.49. The van der Waals surface area contributed by atoms with Gasteiger partial charge < -0.3 is 24.8 Å². The van der Waals surface area contributed by atoms with Crippen molar-refractivity contribution < 1.29 is 24.2 Å². The van der Waals surface area contributed by atoms with Crippen LogP contribution >= 0.6 is 11.3 Å². The van der Waals surface area contributed by atoms with Gasteiger partial charge in [0.1, 0.15) is 12.4 Å². The molecule has 11 nitrogen and oxygen atoms in total. The Morgan fingerprint density at radius 2 is 1.95 bits per heavy atom. The molecule has 0 radical (unpaired) electrons. The first kappa shape index (κ1) is 28.9. The molecule has 0 spiro atoms. The zero-order chi connectivity index (χ0) is 29.4. The number of carbonyl (C=O) groups excluding carboxylic acids is 2. The number of nitrogens with zero attached hydrogens (tertiary/aromatic N) is 5. The summed E-state index contributed by atoms with van der Waals surface area (Å²) < 4.78 is 12.5. The number of aromatic nitrogens is 3. The van der Waals surface area contributed by atoms with Crippen molar-refractivity contribution in [2.45, 2.75) is 76.9 Å². The van der Waals surface area contributed by atoms with E-state index in [0.29, 0.717) is 28.8 Å². The Balaban J connectivity index is 1.08. The molecule has 1 aliphatic heterocycles. The molecule has 3 atom stereocenters. The van der Waals surface area contributed by atoms with Gasteiger partial charge in [0.25, 0.3) is 0 Å². The summed E-state index contributed by atoms with van der Waals surface area (Å²) in [4.78, 5) is 42.7. The van der Waals surface area contributed by atoms with E-state index in [1.54, 1.807) is 26.4 Å². The van der Waals surface area contributed by atoms with Crippen molar-refractivity contribution in [2.24, 2.45) is 5.92 Å². The number of thiazole rings is 1. The van der Waals surface area contributed by atoms with Gasteiger partial charge in [-0.15, -0.1) is 0 Å². The molecule has 3 aliphatic rings. The maximum Gasteiger partial charge on any atom is 0.229 e. The van der Waals surface area contributed by atoms with Crippen LogP contribution in [0, 0.1) is 5.92 Å².